The summed E-state index contributed by atoms with van der Waals surface area (Å²) in [7, 11) is 0. The molecule has 7 nitrogen and oxygen atoms in total. The van der Waals surface area contributed by atoms with Gasteiger partial charge in [-0.05, 0) is 19.3 Å². The van der Waals surface area contributed by atoms with E-state index in [1.807, 2.05) is 0 Å². The fourth-order valence-corrected chi connectivity index (χ4v) is 3.05. The zero-order valence-corrected chi connectivity index (χ0v) is 13.2. The van der Waals surface area contributed by atoms with Crippen molar-refractivity contribution in [1.82, 2.24) is 15.0 Å². The van der Waals surface area contributed by atoms with Gasteiger partial charge in [-0.25, -0.2) is 0 Å². The van der Waals surface area contributed by atoms with Crippen LogP contribution in [0.5, 0.6) is 0 Å². The molecule has 0 saturated carbocycles. The van der Waals surface area contributed by atoms with Crippen LogP contribution in [0.15, 0.2) is 0 Å². The Hall–Kier alpha value is -1.47. The van der Waals surface area contributed by atoms with Crippen LogP contribution in [0.25, 0.3) is 0 Å². The van der Waals surface area contributed by atoms with Crippen LogP contribution in [0.4, 0.5) is 11.9 Å². The summed E-state index contributed by atoms with van der Waals surface area (Å²) in [5, 5.41) is 9.55. The van der Waals surface area contributed by atoms with Gasteiger partial charge < -0.3 is 19.6 Å². The molecule has 2 aliphatic heterocycles. The van der Waals surface area contributed by atoms with E-state index in [1.54, 1.807) is 0 Å². The maximum Gasteiger partial charge on any atom is 0.230 e. The molecular formula is C15H25N5O2. The van der Waals surface area contributed by atoms with Gasteiger partial charge in [-0.2, -0.15) is 15.0 Å². The van der Waals surface area contributed by atoms with Gasteiger partial charge in [0, 0.05) is 26.1 Å². The smallest absolute Gasteiger partial charge is 0.230 e. The number of aryl methyl sites for hydroxylation is 1. The van der Waals surface area contributed by atoms with Crippen LogP contribution in [0, 0.1) is 0 Å². The van der Waals surface area contributed by atoms with Crippen molar-refractivity contribution in [2.24, 2.45) is 0 Å². The number of ether oxygens (including phenoxy) is 1. The van der Waals surface area contributed by atoms with E-state index in [2.05, 4.69) is 31.7 Å². The van der Waals surface area contributed by atoms with Crippen molar-refractivity contribution in [3.8, 4) is 0 Å². The topological polar surface area (TPSA) is 74.6 Å². The lowest BCUT2D eigenvalue weighted by Crippen LogP contribution is -2.39. The molecule has 1 unspecified atom stereocenters. The lowest BCUT2D eigenvalue weighted by atomic mass is 10.2. The fraction of sp³-hybridized carbons (Fsp3) is 0.800. The van der Waals surface area contributed by atoms with Gasteiger partial charge in [0.25, 0.3) is 0 Å². The molecule has 122 valence electrons. The second-order valence-corrected chi connectivity index (χ2v) is 5.87. The first-order valence-corrected chi connectivity index (χ1v) is 8.27. The van der Waals surface area contributed by atoms with Crippen LogP contribution < -0.4 is 9.80 Å². The summed E-state index contributed by atoms with van der Waals surface area (Å²) >= 11 is 0. The van der Waals surface area contributed by atoms with Crippen LogP contribution in [0.3, 0.4) is 0 Å². The molecule has 1 atom stereocenters. The molecule has 2 aliphatic rings. The number of nitrogens with zero attached hydrogens (tertiary/aromatic N) is 5. The van der Waals surface area contributed by atoms with Crippen molar-refractivity contribution in [1.29, 1.82) is 0 Å². The fourth-order valence-electron chi connectivity index (χ4n) is 3.05. The first kappa shape index (κ1) is 15.4. The molecule has 1 aromatic heterocycles. The highest BCUT2D eigenvalue weighted by atomic mass is 16.5. The molecule has 7 heteroatoms. The lowest BCUT2D eigenvalue weighted by molar-refractivity contribution is 0.122. The van der Waals surface area contributed by atoms with E-state index >= 15 is 0 Å². The quantitative estimate of drug-likeness (QED) is 0.854. The zero-order valence-electron chi connectivity index (χ0n) is 13.2. The number of aliphatic hydroxyl groups is 1. The molecule has 3 heterocycles. The molecule has 1 N–H and O–H groups in total. The summed E-state index contributed by atoms with van der Waals surface area (Å²) in [6, 6.07) is 0.134. The van der Waals surface area contributed by atoms with E-state index in [-0.39, 0.29) is 12.6 Å². The van der Waals surface area contributed by atoms with E-state index < -0.39 is 0 Å². The Balaban J connectivity index is 1.89. The Morgan fingerprint density at radius 1 is 1.14 bits per heavy atom. The van der Waals surface area contributed by atoms with E-state index in [4.69, 9.17) is 4.74 Å². The van der Waals surface area contributed by atoms with Gasteiger partial charge in [-0.3, -0.25) is 0 Å². The molecule has 2 saturated heterocycles. The Morgan fingerprint density at radius 2 is 1.91 bits per heavy atom. The minimum Gasteiger partial charge on any atom is -0.394 e. The molecule has 0 radical (unpaired) electrons. The Morgan fingerprint density at radius 3 is 2.64 bits per heavy atom. The average Bonchev–Trinajstić information content (AvgIpc) is 3.04. The molecule has 0 spiro atoms. The van der Waals surface area contributed by atoms with Gasteiger partial charge in [0.2, 0.25) is 11.9 Å². The van der Waals surface area contributed by atoms with Gasteiger partial charge in [-0.1, -0.05) is 6.92 Å². The first-order chi connectivity index (χ1) is 10.8. The molecule has 3 rings (SSSR count). The third-order valence-corrected chi connectivity index (χ3v) is 4.27. The summed E-state index contributed by atoms with van der Waals surface area (Å²) in [4.78, 5) is 18.2. The first-order valence-electron chi connectivity index (χ1n) is 8.27. The largest absolute Gasteiger partial charge is 0.394 e. The van der Waals surface area contributed by atoms with Crippen LogP contribution in [-0.2, 0) is 11.2 Å². The molecule has 0 aromatic carbocycles. The summed E-state index contributed by atoms with van der Waals surface area (Å²) in [5.74, 6) is 2.31. The van der Waals surface area contributed by atoms with Crippen molar-refractivity contribution in [2.75, 3.05) is 49.3 Å². The summed E-state index contributed by atoms with van der Waals surface area (Å²) < 4.78 is 5.41. The maximum atomic E-state index is 9.55. The van der Waals surface area contributed by atoms with Crippen molar-refractivity contribution < 1.29 is 9.84 Å². The standard InChI is InChI=1S/C15H25N5O2/c1-2-4-13-16-14(19-7-9-22-10-8-19)18-15(17-13)20-6-3-5-12(20)11-21/h12,21H,2-11H2,1H3. The van der Waals surface area contributed by atoms with Crippen LogP contribution in [0.1, 0.15) is 32.0 Å². The van der Waals surface area contributed by atoms with Crippen LogP contribution >= 0.6 is 0 Å². The number of hydrogen-bond donors (Lipinski definition) is 1. The molecule has 1 aromatic rings. The second kappa shape index (κ2) is 7.19. The predicted molar refractivity (Wildman–Crippen MR) is 84.3 cm³/mol. The van der Waals surface area contributed by atoms with E-state index in [0.29, 0.717) is 13.2 Å². The summed E-state index contributed by atoms with van der Waals surface area (Å²) in [6.07, 6.45) is 3.94. The number of aromatic nitrogens is 3. The number of anilines is 2. The highest BCUT2D eigenvalue weighted by molar-refractivity contribution is 5.41. The van der Waals surface area contributed by atoms with Crippen molar-refractivity contribution in [3.05, 3.63) is 5.82 Å². The summed E-state index contributed by atoms with van der Waals surface area (Å²) in [5.41, 5.74) is 0. The van der Waals surface area contributed by atoms with Crippen molar-refractivity contribution in [2.45, 2.75) is 38.6 Å². The Labute approximate surface area is 131 Å². The Kier molecular flexibility index (Phi) is 5.04. The number of aliphatic hydroxyl groups excluding tert-OH is 1. The average molecular weight is 307 g/mol. The zero-order chi connectivity index (χ0) is 15.4. The molecule has 0 bridgehead atoms. The number of hydrogen-bond acceptors (Lipinski definition) is 7. The molecule has 22 heavy (non-hydrogen) atoms. The molecule has 0 aliphatic carbocycles. The maximum absolute atomic E-state index is 9.55. The number of morpholine rings is 1. The lowest BCUT2D eigenvalue weighted by Gasteiger charge is -2.29. The highest BCUT2D eigenvalue weighted by Crippen LogP contribution is 2.24. The van der Waals surface area contributed by atoms with Gasteiger partial charge in [0.1, 0.15) is 5.82 Å². The molecular weight excluding hydrogens is 282 g/mol. The van der Waals surface area contributed by atoms with Crippen molar-refractivity contribution in [3.63, 3.8) is 0 Å². The predicted octanol–water partition coefficient (Wildman–Crippen LogP) is 0.622. The SMILES string of the molecule is CCCc1nc(N2CCOCC2)nc(N2CCCC2CO)n1. The van der Waals surface area contributed by atoms with Crippen LogP contribution in [0.2, 0.25) is 0 Å². The van der Waals surface area contributed by atoms with Gasteiger partial charge in [0.05, 0.1) is 25.9 Å². The summed E-state index contributed by atoms with van der Waals surface area (Å²) in [6.45, 7) is 6.26. The van der Waals surface area contributed by atoms with Gasteiger partial charge >= 0.3 is 0 Å². The van der Waals surface area contributed by atoms with Gasteiger partial charge in [0.15, 0.2) is 0 Å². The number of rotatable bonds is 5. The highest BCUT2D eigenvalue weighted by Gasteiger charge is 2.27. The second-order valence-electron chi connectivity index (χ2n) is 5.87. The van der Waals surface area contributed by atoms with E-state index in [1.165, 1.54) is 0 Å². The van der Waals surface area contributed by atoms with E-state index in [0.717, 1.165) is 63.0 Å². The third kappa shape index (κ3) is 3.30. The minimum absolute atomic E-state index is 0.134. The molecule has 0 amide bonds. The molecule has 2 fully saturated rings. The monoisotopic (exact) mass is 307 g/mol. The van der Waals surface area contributed by atoms with E-state index in [9.17, 15) is 5.11 Å². The van der Waals surface area contributed by atoms with Gasteiger partial charge in [-0.15, -0.1) is 0 Å². The van der Waals surface area contributed by atoms with Crippen LogP contribution in [-0.4, -0.2) is 65.6 Å². The minimum atomic E-state index is 0.134. The third-order valence-electron chi connectivity index (χ3n) is 4.27. The Bertz CT molecular complexity index is 493. The normalized spacial score (nSPS) is 22.4. The van der Waals surface area contributed by atoms with Crippen molar-refractivity contribution >= 4 is 11.9 Å².